The average Bonchev–Trinajstić information content (AvgIpc) is 2.99. The third kappa shape index (κ3) is 4.67. The van der Waals surface area contributed by atoms with Crippen molar-refractivity contribution in [2.45, 2.75) is 39.1 Å². The van der Waals surface area contributed by atoms with Gasteiger partial charge < -0.3 is 14.6 Å². The van der Waals surface area contributed by atoms with Gasteiger partial charge in [-0.05, 0) is 25.0 Å². The van der Waals surface area contributed by atoms with Gasteiger partial charge in [0.2, 0.25) is 0 Å². The SMILES string of the molecule is CC1CN(Cc2ccccc2CNC(=O)c2cn(C)cn2)CC(C)O1. The normalized spacial score (nSPS) is 21.2. The van der Waals surface area contributed by atoms with Crippen molar-refractivity contribution >= 4 is 5.91 Å². The Bertz CT molecular complexity index is 718. The van der Waals surface area contributed by atoms with Crippen LogP contribution in [0.25, 0.3) is 0 Å². The fourth-order valence-corrected chi connectivity index (χ4v) is 3.33. The number of rotatable bonds is 5. The Labute approximate surface area is 148 Å². The second-order valence-corrected chi connectivity index (χ2v) is 6.83. The van der Waals surface area contributed by atoms with Crippen LogP contribution in [0.2, 0.25) is 0 Å². The van der Waals surface area contributed by atoms with Gasteiger partial charge in [-0.15, -0.1) is 0 Å². The Morgan fingerprint density at radius 1 is 1.24 bits per heavy atom. The first-order valence-electron chi connectivity index (χ1n) is 8.72. The Balaban J connectivity index is 1.63. The molecule has 6 nitrogen and oxygen atoms in total. The van der Waals surface area contributed by atoms with E-state index in [1.165, 1.54) is 5.56 Å². The summed E-state index contributed by atoms with van der Waals surface area (Å²) in [5.74, 6) is -0.149. The predicted octanol–water partition coefficient (Wildman–Crippen LogP) is 1.96. The van der Waals surface area contributed by atoms with E-state index in [2.05, 4.69) is 41.2 Å². The van der Waals surface area contributed by atoms with E-state index >= 15 is 0 Å². The molecule has 1 fully saturated rings. The number of carbonyl (C=O) groups is 1. The van der Waals surface area contributed by atoms with E-state index in [-0.39, 0.29) is 18.1 Å². The summed E-state index contributed by atoms with van der Waals surface area (Å²) >= 11 is 0. The van der Waals surface area contributed by atoms with E-state index in [1.807, 2.05) is 19.2 Å². The van der Waals surface area contributed by atoms with Crippen LogP contribution >= 0.6 is 0 Å². The van der Waals surface area contributed by atoms with Crippen molar-refractivity contribution in [3.05, 3.63) is 53.6 Å². The van der Waals surface area contributed by atoms with Gasteiger partial charge in [-0.2, -0.15) is 0 Å². The standard InChI is InChI=1S/C19H26N4O2/c1-14-9-23(10-15(2)25-14)11-17-7-5-4-6-16(17)8-20-19(24)18-12-22(3)13-21-18/h4-7,12-15H,8-11H2,1-3H3,(H,20,24). The summed E-state index contributed by atoms with van der Waals surface area (Å²) in [6.45, 7) is 7.45. The molecule has 1 aromatic carbocycles. The highest BCUT2D eigenvalue weighted by Crippen LogP contribution is 2.17. The van der Waals surface area contributed by atoms with Crippen molar-refractivity contribution in [2.75, 3.05) is 13.1 Å². The molecule has 134 valence electrons. The molecule has 0 saturated carbocycles. The van der Waals surface area contributed by atoms with Crippen molar-refractivity contribution < 1.29 is 9.53 Å². The minimum atomic E-state index is -0.149. The molecule has 1 aromatic heterocycles. The van der Waals surface area contributed by atoms with Crippen LogP contribution in [0, 0.1) is 0 Å². The number of imidazole rings is 1. The number of benzene rings is 1. The second kappa shape index (κ2) is 7.80. The van der Waals surface area contributed by atoms with Gasteiger partial charge in [0.05, 0.1) is 18.5 Å². The van der Waals surface area contributed by atoms with Gasteiger partial charge in [0, 0.05) is 39.4 Å². The van der Waals surface area contributed by atoms with Crippen LogP contribution in [-0.4, -0.2) is 45.7 Å². The number of nitrogens with one attached hydrogen (secondary N) is 1. The van der Waals surface area contributed by atoms with Crippen molar-refractivity contribution in [3.63, 3.8) is 0 Å². The highest BCUT2D eigenvalue weighted by molar-refractivity contribution is 5.91. The Hall–Kier alpha value is -2.18. The van der Waals surface area contributed by atoms with Gasteiger partial charge in [0.15, 0.2) is 0 Å². The molecule has 1 aliphatic rings. The molecular weight excluding hydrogens is 316 g/mol. The lowest BCUT2D eigenvalue weighted by atomic mass is 10.1. The molecule has 2 unspecified atom stereocenters. The maximum atomic E-state index is 12.2. The summed E-state index contributed by atoms with van der Waals surface area (Å²) in [4.78, 5) is 18.7. The van der Waals surface area contributed by atoms with Gasteiger partial charge in [0.25, 0.3) is 5.91 Å². The first-order valence-corrected chi connectivity index (χ1v) is 8.72. The number of aryl methyl sites for hydroxylation is 1. The van der Waals surface area contributed by atoms with Gasteiger partial charge in [0.1, 0.15) is 5.69 Å². The van der Waals surface area contributed by atoms with Crippen LogP contribution in [0.5, 0.6) is 0 Å². The lowest BCUT2D eigenvalue weighted by molar-refractivity contribution is -0.0705. The Morgan fingerprint density at radius 3 is 2.56 bits per heavy atom. The molecule has 0 aliphatic carbocycles. The summed E-state index contributed by atoms with van der Waals surface area (Å²) in [6, 6.07) is 8.26. The lowest BCUT2D eigenvalue weighted by Crippen LogP contribution is -2.45. The average molecular weight is 342 g/mol. The number of carbonyl (C=O) groups excluding carboxylic acids is 1. The molecule has 1 aliphatic heterocycles. The number of hydrogen-bond donors (Lipinski definition) is 1. The van der Waals surface area contributed by atoms with Crippen LogP contribution in [0.15, 0.2) is 36.8 Å². The van der Waals surface area contributed by atoms with Crippen molar-refractivity contribution in [1.82, 2.24) is 19.8 Å². The quantitative estimate of drug-likeness (QED) is 0.902. The molecule has 1 amide bonds. The lowest BCUT2D eigenvalue weighted by Gasteiger charge is -2.35. The van der Waals surface area contributed by atoms with Gasteiger partial charge in [-0.1, -0.05) is 24.3 Å². The number of morpholine rings is 1. The zero-order valence-corrected chi connectivity index (χ0v) is 15.1. The van der Waals surface area contributed by atoms with Crippen LogP contribution in [0.3, 0.4) is 0 Å². The molecule has 2 atom stereocenters. The summed E-state index contributed by atoms with van der Waals surface area (Å²) < 4.78 is 7.57. The summed E-state index contributed by atoms with van der Waals surface area (Å²) in [5, 5.41) is 2.97. The van der Waals surface area contributed by atoms with E-state index in [0.717, 1.165) is 25.2 Å². The highest BCUT2D eigenvalue weighted by atomic mass is 16.5. The van der Waals surface area contributed by atoms with Crippen LogP contribution < -0.4 is 5.32 Å². The third-order valence-corrected chi connectivity index (χ3v) is 4.38. The maximum Gasteiger partial charge on any atom is 0.271 e. The molecule has 3 rings (SSSR count). The number of hydrogen-bond acceptors (Lipinski definition) is 4. The summed E-state index contributed by atoms with van der Waals surface area (Å²) in [7, 11) is 1.85. The molecule has 2 aromatic rings. The fourth-order valence-electron chi connectivity index (χ4n) is 3.33. The molecule has 0 bridgehead atoms. The minimum Gasteiger partial charge on any atom is -0.373 e. The summed E-state index contributed by atoms with van der Waals surface area (Å²) in [5.41, 5.74) is 2.82. The fraction of sp³-hybridized carbons (Fsp3) is 0.474. The smallest absolute Gasteiger partial charge is 0.271 e. The van der Waals surface area contributed by atoms with Crippen molar-refractivity contribution in [2.24, 2.45) is 7.05 Å². The maximum absolute atomic E-state index is 12.2. The number of nitrogens with zero attached hydrogens (tertiary/aromatic N) is 3. The summed E-state index contributed by atoms with van der Waals surface area (Å²) in [6.07, 6.45) is 3.85. The van der Waals surface area contributed by atoms with Crippen LogP contribution in [0.4, 0.5) is 0 Å². The van der Waals surface area contributed by atoms with Gasteiger partial charge >= 0.3 is 0 Å². The first-order chi connectivity index (χ1) is 12.0. The molecule has 25 heavy (non-hydrogen) atoms. The van der Waals surface area contributed by atoms with Gasteiger partial charge in [-0.3, -0.25) is 9.69 Å². The molecule has 0 radical (unpaired) electrons. The van der Waals surface area contributed by atoms with Crippen molar-refractivity contribution in [3.8, 4) is 0 Å². The van der Waals surface area contributed by atoms with Crippen molar-refractivity contribution in [1.29, 1.82) is 0 Å². The number of amides is 1. The second-order valence-electron chi connectivity index (χ2n) is 6.83. The number of aromatic nitrogens is 2. The van der Waals surface area contributed by atoms with E-state index < -0.39 is 0 Å². The Morgan fingerprint density at radius 2 is 1.92 bits per heavy atom. The third-order valence-electron chi connectivity index (χ3n) is 4.38. The van der Waals surface area contributed by atoms with Gasteiger partial charge in [-0.25, -0.2) is 4.98 Å². The van der Waals surface area contributed by atoms with E-state index in [9.17, 15) is 4.79 Å². The first kappa shape index (κ1) is 17.6. The largest absolute Gasteiger partial charge is 0.373 e. The Kier molecular flexibility index (Phi) is 5.50. The van der Waals surface area contributed by atoms with Crippen LogP contribution in [0.1, 0.15) is 35.5 Å². The molecule has 2 heterocycles. The minimum absolute atomic E-state index is 0.149. The predicted molar refractivity (Wildman–Crippen MR) is 96.1 cm³/mol. The van der Waals surface area contributed by atoms with E-state index in [0.29, 0.717) is 12.2 Å². The number of ether oxygens (including phenoxy) is 1. The molecule has 0 spiro atoms. The molecule has 6 heteroatoms. The molecule has 1 N–H and O–H groups in total. The van der Waals surface area contributed by atoms with E-state index in [1.54, 1.807) is 17.1 Å². The zero-order chi connectivity index (χ0) is 17.8. The monoisotopic (exact) mass is 342 g/mol. The highest BCUT2D eigenvalue weighted by Gasteiger charge is 2.22. The molecule has 1 saturated heterocycles. The zero-order valence-electron chi connectivity index (χ0n) is 15.1. The topological polar surface area (TPSA) is 59.4 Å². The van der Waals surface area contributed by atoms with Crippen LogP contribution in [-0.2, 0) is 24.9 Å². The molecular formula is C19H26N4O2. The van der Waals surface area contributed by atoms with E-state index in [4.69, 9.17) is 4.74 Å².